The molecule has 3 nitrogen and oxygen atoms in total. The van der Waals surface area contributed by atoms with Crippen LogP contribution in [-0.2, 0) is 0 Å². The van der Waals surface area contributed by atoms with E-state index < -0.39 is 6.36 Å². The first-order valence-electron chi connectivity index (χ1n) is 9.29. The van der Waals surface area contributed by atoms with Crippen molar-refractivity contribution in [1.29, 1.82) is 0 Å². The predicted octanol–water partition coefficient (Wildman–Crippen LogP) is 4.87. The Morgan fingerprint density at radius 2 is 1.78 bits per heavy atom. The fourth-order valence-electron chi connectivity index (χ4n) is 4.43. The number of ether oxygens (including phenoxy) is 1. The topological polar surface area (TPSA) is 32.7 Å². The van der Waals surface area contributed by atoms with Gasteiger partial charge >= 0.3 is 6.36 Å². The minimum Gasteiger partial charge on any atom is -0.406 e. The van der Waals surface area contributed by atoms with E-state index in [-0.39, 0.29) is 12.4 Å². The number of hydrogen-bond acceptors (Lipinski definition) is 3. The van der Waals surface area contributed by atoms with Gasteiger partial charge in [0.05, 0.1) is 0 Å². The van der Waals surface area contributed by atoms with Crippen LogP contribution in [0.15, 0.2) is 42.5 Å². The summed E-state index contributed by atoms with van der Waals surface area (Å²) in [5, 5.41) is 9.14. The second-order valence-electron chi connectivity index (χ2n) is 7.27. The van der Waals surface area contributed by atoms with Gasteiger partial charge in [0.15, 0.2) is 0 Å². The number of likely N-dealkylation sites (tertiary alicyclic amines) is 1. The molecule has 0 amide bonds. The van der Waals surface area contributed by atoms with Crippen molar-refractivity contribution in [3.8, 4) is 16.9 Å². The molecule has 2 bridgehead atoms. The van der Waals surface area contributed by atoms with Crippen molar-refractivity contribution in [2.24, 2.45) is 0 Å². The zero-order valence-electron chi connectivity index (χ0n) is 14.9. The highest BCUT2D eigenvalue weighted by Crippen LogP contribution is 2.49. The second-order valence-corrected chi connectivity index (χ2v) is 7.27. The molecule has 2 aromatic rings. The molecule has 27 heavy (non-hydrogen) atoms. The van der Waals surface area contributed by atoms with Crippen molar-refractivity contribution in [3.05, 3.63) is 53.6 Å². The van der Waals surface area contributed by atoms with Crippen LogP contribution in [0.25, 0.3) is 11.1 Å². The van der Waals surface area contributed by atoms with Crippen LogP contribution in [0.5, 0.6) is 5.75 Å². The lowest BCUT2D eigenvalue weighted by molar-refractivity contribution is -0.274. The maximum Gasteiger partial charge on any atom is 0.573 e. The maximum absolute atomic E-state index is 12.3. The van der Waals surface area contributed by atoms with Gasteiger partial charge in [0.1, 0.15) is 5.75 Å². The van der Waals surface area contributed by atoms with Gasteiger partial charge in [-0.3, -0.25) is 4.90 Å². The Balaban J connectivity index is 1.58. The number of rotatable bonds is 5. The van der Waals surface area contributed by atoms with E-state index in [1.807, 2.05) is 0 Å². The van der Waals surface area contributed by atoms with Crippen LogP contribution in [-0.4, -0.2) is 36.1 Å². The largest absolute Gasteiger partial charge is 0.573 e. The molecule has 2 aliphatic rings. The van der Waals surface area contributed by atoms with E-state index in [2.05, 4.69) is 27.8 Å². The van der Waals surface area contributed by atoms with Crippen LogP contribution in [0.2, 0.25) is 0 Å². The summed E-state index contributed by atoms with van der Waals surface area (Å²) in [5.41, 5.74) is 4.59. The lowest BCUT2D eigenvalue weighted by atomic mass is 9.95. The molecular weight excluding hydrogens is 355 g/mol. The van der Waals surface area contributed by atoms with E-state index in [4.69, 9.17) is 5.11 Å². The fraction of sp³-hybridized carbons (Fsp3) is 0.429. The maximum atomic E-state index is 12.3. The third-order valence-electron chi connectivity index (χ3n) is 5.62. The van der Waals surface area contributed by atoms with Crippen molar-refractivity contribution < 1.29 is 23.0 Å². The minimum absolute atomic E-state index is 0.200. The number of piperidine rings is 1. The molecule has 0 saturated carbocycles. The zero-order valence-corrected chi connectivity index (χ0v) is 14.9. The highest BCUT2D eigenvalue weighted by Gasteiger charge is 2.38. The van der Waals surface area contributed by atoms with Crippen molar-refractivity contribution in [2.45, 2.75) is 37.6 Å². The number of fused-ring (bicyclic) bond motifs is 5. The van der Waals surface area contributed by atoms with Crippen molar-refractivity contribution in [2.75, 3.05) is 19.7 Å². The average molecular weight is 377 g/mol. The molecular formula is C21H22F3NO2. The molecule has 1 saturated heterocycles. The van der Waals surface area contributed by atoms with Gasteiger partial charge in [-0.05, 0) is 72.2 Å². The molecule has 4 rings (SSSR count). The highest BCUT2D eigenvalue weighted by molar-refractivity contribution is 5.66. The quantitative estimate of drug-likeness (QED) is 0.807. The monoisotopic (exact) mass is 377 g/mol. The molecule has 2 atom stereocenters. The second kappa shape index (κ2) is 7.17. The van der Waals surface area contributed by atoms with Gasteiger partial charge in [0.2, 0.25) is 0 Å². The van der Waals surface area contributed by atoms with E-state index in [0.717, 1.165) is 43.5 Å². The average Bonchev–Trinajstić information content (AvgIpc) is 2.93. The summed E-state index contributed by atoms with van der Waals surface area (Å²) >= 11 is 0. The third kappa shape index (κ3) is 3.82. The highest BCUT2D eigenvalue weighted by atomic mass is 19.4. The van der Waals surface area contributed by atoms with Crippen LogP contribution in [0.4, 0.5) is 13.2 Å². The van der Waals surface area contributed by atoms with E-state index in [0.29, 0.717) is 12.0 Å². The molecule has 0 unspecified atom stereocenters. The van der Waals surface area contributed by atoms with E-state index in [1.165, 1.54) is 23.3 Å². The van der Waals surface area contributed by atoms with Gasteiger partial charge in [-0.1, -0.05) is 24.3 Å². The summed E-state index contributed by atoms with van der Waals surface area (Å²) in [4.78, 5) is 2.45. The number of nitrogens with zero attached hydrogens (tertiary/aromatic N) is 1. The molecule has 1 N–H and O–H groups in total. The van der Waals surface area contributed by atoms with Gasteiger partial charge in [-0.2, -0.15) is 0 Å². The van der Waals surface area contributed by atoms with Crippen molar-refractivity contribution in [3.63, 3.8) is 0 Å². The molecule has 6 heteroatoms. The Bertz CT molecular complexity index is 802. The van der Waals surface area contributed by atoms with Crippen LogP contribution >= 0.6 is 0 Å². The first-order valence-corrected chi connectivity index (χ1v) is 9.29. The Morgan fingerprint density at radius 1 is 1.04 bits per heavy atom. The lowest BCUT2D eigenvalue weighted by Crippen LogP contribution is -2.33. The molecule has 2 aromatic carbocycles. The molecule has 1 fully saturated rings. The summed E-state index contributed by atoms with van der Waals surface area (Å²) in [7, 11) is 0. The first kappa shape index (κ1) is 18.3. The Morgan fingerprint density at radius 3 is 2.48 bits per heavy atom. The summed E-state index contributed by atoms with van der Waals surface area (Å²) in [6.45, 7) is 2.13. The number of alkyl halides is 3. The van der Waals surface area contributed by atoms with E-state index in [1.54, 1.807) is 12.1 Å². The van der Waals surface area contributed by atoms with Gasteiger partial charge in [0.25, 0.3) is 0 Å². The summed E-state index contributed by atoms with van der Waals surface area (Å²) < 4.78 is 40.9. The summed E-state index contributed by atoms with van der Waals surface area (Å²) in [6, 6.07) is 12.8. The predicted molar refractivity (Wildman–Crippen MR) is 96.6 cm³/mol. The third-order valence-corrected chi connectivity index (χ3v) is 5.62. The number of aliphatic hydroxyl groups excluding tert-OH is 1. The normalized spacial score (nSPS) is 21.9. The Kier molecular flexibility index (Phi) is 4.86. The number of aliphatic hydroxyl groups is 1. The zero-order chi connectivity index (χ0) is 19.0. The molecule has 144 valence electrons. The molecule has 0 spiro atoms. The summed E-state index contributed by atoms with van der Waals surface area (Å²) in [6.07, 6.45) is -1.65. The molecule has 1 aliphatic heterocycles. The van der Waals surface area contributed by atoms with E-state index in [9.17, 15) is 13.2 Å². The number of benzene rings is 2. The molecule has 1 heterocycles. The standard InChI is InChI=1S/C21H22F3NO2/c22-21(23,24)27-17-5-2-14(3-6-17)15-4-7-18-16-8-10-25(9-1-11-26)20(13-16)19(18)12-15/h2-7,12,16,20,26H,1,8-11,13H2/t16-,20+/m1/s1. The van der Waals surface area contributed by atoms with Crippen LogP contribution in [0.1, 0.15) is 42.3 Å². The minimum atomic E-state index is -4.68. The number of hydrogen-bond donors (Lipinski definition) is 1. The van der Waals surface area contributed by atoms with Gasteiger partial charge in [-0.15, -0.1) is 13.2 Å². The fourth-order valence-corrected chi connectivity index (χ4v) is 4.43. The van der Waals surface area contributed by atoms with Crippen LogP contribution in [0, 0.1) is 0 Å². The summed E-state index contributed by atoms with van der Waals surface area (Å²) in [5.74, 6) is 0.380. The molecule has 0 aromatic heterocycles. The SMILES string of the molecule is OCCCN1CC[C@@H]2C[C@H]1c1cc(-c3ccc(OC(F)(F)F)cc3)ccc12. The number of halogens is 3. The lowest BCUT2D eigenvalue weighted by Gasteiger charge is -2.33. The molecule has 1 aliphatic carbocycles. The van der Waals surface area contributed by atoms with Crippen LogP contribution in [0.3, 0.4) is 0 Å². The van der Waals surface area contributed by atoms with Crippen molar-refractivity contribution in [1.82, 2.24) is 4.90 Å². The first-order chi connectivity index (χ1) is 12.9. The van der Waals surface area contributed by atoms with Gasteiger partial charge in [-0.25, -0.2) is 0 Å². The van der Waals surface area contributed by atoms with Gasteiger partial charge in [0, 0.05) is 19.2 Å². The Hall–Kier alpha value is -2.05. The Labute approximate surface area is 156 Å². The van der Waals surface area contributed by atoms with Crippen LogP contribution < -0.4 is 4.74 Å². The van der Waals surface area contributed by atoms with E-state index >= 15 is 0 Å². The molecule has 0 radical (unpaired) electrons. The van der Waals surface area contributed by atoms with Gasteiger partial charge < -0.3 is 9.84 Å². The smallest absolute Gasteiger partial charge is 0.406 e. The van der Waals surface area contributed by atoms with Crippen molar-refractivity contribution >= 4 is 0 Å².